The van der Waals surface area contributed by atoms with Gasteiger partial charge in [-0.1, -0.05) is 25.0 Å². The van der Waals surface area contributed by atoms with Gasteiger partial charge in [0.1, 0.15) is 5.82 Å². The lowest BCUT2D eigenvalue weighted by atomic mass is 10.1. The number of hydrogen-bond acceptors (Lipinski definition) is 2. The summed E-state index contributed by atoms with van der Waals surface area (Å²) in [6, 6.07) is 6.46. The summed E-state index contributed by atoms with van der Waals surface area (Å²) in [6.07, 6.45) is 4.56. The maximum absolute atomic E-state index is 13.2. The van der Waals surface area contributed by atoms with E-state index in [9.17, 15) is 9.18 Å². The third-order valence-electron chi connectivity index (χ3n) is 3.94. The second kappa shape index (κ2) is 6.84. The molecule has 1 aliphatic carbocycles. The van der Waals surface area contributed by atoms with E-state index >= 15 is 0 Å². The zero-order valence-electron chi connectivity index (χ0n) is 12.2. The Morgan fingerprint density at radius 3 is 2.65 bits per heavy atom. The van der Waals surface area contributed by atoms with Gasteiger partial charge >= 0.3 is 0 Å². The van der Waals surface area contributed by atoms with Crippen LogP contribution in [0.15, 0.2) is 24.3 Å². The van der Waals surface area contributed by atoms with E-state index in [0.29, 0.717) is 6.04 Å². The van der Waals surface area contributed by atoms with E-state index in [4.69, 9.17) is 0 Å². The van der Waals surface area contributed by atoms with Crippen LogP contribution in [-0.2, 0) is 4.79 Å². The molecule has 1 aromatic rings. The summed E-state index contributed by atoms with van der Waals surface area (Å²) in [5.41, 5.74) is 0.852. The number of hydrogen-bond donors (Lipinski definition) is 2. The molecule has 20 heavy (non-hydrogen) atoms. The molecule has 0 heterocycles. The van der Waals surface area contributed by atoms with E-state index in [1.807, 2.05) is 19.9 Å². The number of halogens is 1. The zero-order chi connectivity index (χ0) is 14.5. The van der Waals surface area contributed by atoms with E-state index in [1.165, 1.54) is 25.0 Å². The van der Waals surface area contributed by atoms with Crippen molar-refractivity contribution in [3.05, 3.63) is 35.6 Å². The molecule has 1 amide bonds. The van der Waals surface area contributed by atoms with Crippen molar-refractivity contribution in [1.82, 2.24) is 10.6 Å². The molecule has 2 rings (SSSR count). The molecule has 0 bridgehead atoms. The average Bonchev–Trinajstić information content (AvgIpc) is 2.91. The largest absolute Gasteiger partial charge is 0.352 e. The van der Waals surface area contributed by atoms with Gasteiger partial charge in [-0.15, -0.1) is 0 Å². The lowest BCUT2D eigenvalue weighted by molar-refractivity contribution is -0.123. The molecule has 1 saturated carbocycles. The van der Waals surface area contributed by atoms with Crippen molar-refractivity contribution in [3.8, 4) is 0 Å². The number of carbonyl (C=O) groups excluding carboxylic acids is 1. The minimum absolute atomic E-state index is 0.0279. The van der Waals surface area contributed by atoms with E-state index in [-0.39, 0.29) is 23.8 Å². The van der Waals surface area contributed by atoms with Gasteiger partial charge in [0.2, 0.25) is 5.91 Å². The first-order chi connectivity index (χ1) is 9.56. The van der Waals surface area contributed by atoms with Crippen LogP contribution in [0.1, 0.15) is 51.1 Å². The van der Waals surface area contributed by atoms with Gasteiger partial charge in [-0.25, -0.2) is 4.39 Å². The zero-order valence-corrected chi connectivity index (χ0v) is 12.2. The van der Waals surface area contributed by atoms with Crippen LogP contribution >= 0.6 is 0 Å². The first-order valence-electron chi connectivity index (χ1n) is 7.38. The number of benzene rings is 1. The summed E-state index contributed by atoms with van der Waals surface area (Å²) in [4.78, 5) is 12.1. The first-order valence-corrected chi connectivity index (χ1v) is 7.38. The molecule has 2 N–H and O–H groups in total. The molecule has 0 spiro atoms. The van der Waals surface area contributed by atoms with E-state index in [2.05, 4.69) is 10.6 Å². The SMILES string of the molecule is CC(N[C@H](C)c1cccc(F)c1)C(=O)NC1CCCC1. The van der Waals surface area contributed by atoms with Gasteiger partial charge in [0, 0.05) is 12.1 Å². The Hall–Kier alpha value is -1.42. The molecule has 0 aromatic heterocycles. The van der Waals surface area contributed by atoms with Crippen LogP contribution in [0.4, 0.5) is 4.39 Å². The molecule has 1 aromatic carbocycles. The maximum Gasteiger partial charge on any atom is 0.237 e. The molecule has 0 radical (unpaired) electrons. The van der Waals surface area contributed by atoms with Gasteiger partial charge in [-0.3, -0.25) is 10.1 Å². The van der Waals surface area contributed by atoms with Crippen LogP contribution in [0.5, 0.6) is 0 Å². The van der Waals surface area contributed by atoms with Crippen molar-refractivity contribution in [1.29, 1.82) is 0 Å². The first kappa shape index (κ1) is 15.0. The summed E-state index contributed by atoms with van der Waals surface area (Å²) in [5, 5.41) is 6.29. The third-order valence-corrected chi connectivity index (χ3v) is 3.94. The second-order valence-corrected chi connectivity index (χ2v) is 5.66. The highest BCUT2D eigenvalue weighted by atomic mass is 19.1. The van der Waals surface area contributed by atoms with Crippen molar-refractivity contribution < 1.29 is 9.18 Å². The Balaban J connectivity index is 1.86. The Labute approximate surface area is 120 Å². The Morgan fingerprint density at radius 1 is 1.30 bits per heavy atom. The third kappa shape index (κ3) is 4.04. The summed E-state index contributed by atoms with van der Waals surface area (Å²) < 4.78 is 13.2. The molecule has 0 saturated heterocycles. The number of amides is 1. The van der Waals surface area contributed by atoms with Crippen molar-refractivity contribution >= 4 is 5.91 Å². The van der Waals surface area contributed by atoms with Crippen molar-refractivity contribution in [3.63, 3.8) is 0 Å². The van der Waals surface area contributed by atoms with Crippen LogP contribution in [0, 0.1) is 5.82 Å². The fourth-order valence-electron chi connectivity index (χ4n) is 2.72. The van der Waals surface area contributed by atoms with Gasteiger partial charge in [0.25, 0.3) is 0 Å². The number of carbonyl (C=O) groups is 1. The normalized spacial score (nSPS) is 18.8. The topological polar surface area (TPSA) is 41.1 Å². The minimum atomic E-state index is -0.283. The standard InChI is InChI=1S/C16H23FN2O/c1-11(13-6-5-7-14(17)10-13)18-12(2)16(20)19-15-8-3-4-9-15/h5-7,10-12,15,18H,3-4,8-9H2,1-2H3,(H,19,20)/t11-,12?/m1/s1. The van der Waals surface area contributed by atoms with Crippen LogP contribution in [0.3, 0.4) is 0 Å². The van der Waals surface area contributed by atoms with Gasteiger partial charge < -0.3 is 5.32 Å². The number of rotatable bonds is 5. The maximum atomic E-state index is 13.2. The fraction of sp³-hybridized carbons (Fsp3) is 0.562. The molecular weight excluding hydrogens is 255 g/mol. The molecule has 2 atom stereocenters. The van der Waals surface area contributed by atoms with Gasteiger partial charge in [-0.05, 0) is 44.4 Å². The summed E-state index contributed by atoms with van der Waals surface area (Å²) in [5.74, 6) is -0.223. The second-order valence-electron chi connectivity index (χ2n) is 5.66. The lowest BCUT2D eigenvalue weighted by Crippen LogP contribution is -2.46. The highest BCUT2D eigenvalue weighted by molar-refractivity contribution is 5.81. The molecule has 1 unspecified atom stereocenters. The quantitative estimate of drug-likeness (QED) is 0.869. The lowest BCUT2D eigenvalue weighted by Gasteiger charge is -2.22. The van der Waals surface area contributed by atoms with Gasteiger partial charge in [0.05, 0.1) is 6.04 Å². The summed E-state index contributed by atoms with van der Waals surface area (Å²) >= 11 is 0. The molecule has 0 aliphatic heterocycles. The fourth-order valence-corrected chi connectivity index (χ4v) is 2.72. The molecule has 1 aliphatic rings. The molecule has 110 valence electrons. The number of nitrogens with one attached hydrogen (secondary N) is 2. The average molecular weight is 278 g/mol. The predicted octanol–water partition coefficient (Wildman–Crippen LogP) is 2.92. The molecule has 1 fully saturated rings. The van der Waals surface area contributed by atoms with Crippen LogP contribution in [-0.4, -0.2) is 18.0 Å². The minimum Gasteiger partial charge on any atom is -0.352 e. The molecule has 3 nitrogen and oxygen atoms in total. The monoisotopic (exact) mass is 278 g/mol. The highest BCUT2D eigenvalue weighted by Gasteiger charge is 2.21. The van der Waals surface area contributed by atoms with Crippen molar-refractivity contribution in [2.45, 2.75) is 57.7 Å². The van der Waals surface area contributed by atoms with Crippen LogP contribution in [0.2, 0.25) is 0 Å². The van der Waals surface area contributed by atoms with E-state index < -0.39 is 0 Å². The molecular formula is C16H23FN2O. The van der Waals surface area contributed by atoms with E-state index in [1.54, 1.807) is 6.07 Å². The van der Waals surface area contributed by atoms with Crippen molar-refractivity contribution in [2.24, 2.45) is 0 Å². The van der Waals surface area contributed by atoms with E-state index in [0.717, 1.165) is 18.4 Å². The summed E-state index contributed by atoms with van der Waals surface area (Å²) in [7, 11) is 0. The highest BCUT2D eigenvalue weighted by Crippen LogP contribution is 2.18. The molecule has 4 heteroatoms. The van der Waals surface area contributed by atoms with Crippen LogP contribution in [0.25, 0.3) is 0 Å². The van der Waals surface area contributed by atoms with Crippen molar-refractivity contribution in [2.75, 3.05) is 0 Å². The van der Waals surface area contributed by atoms with Gasteiger partial charge in [0.15, 0.2) is 0 Å². The van der Waals surface area contributed by atoms with Crippen LogP contribution < -0.4 is 10.6 Å². The Morgan fingerprint density at radius 2 is 2.00 bits per heavy atom. The van der Waals surface area contributed by atoms with Gasteiger partial charge in [-0.2, -0.15) is 0 Å². The summed E-state index contributed by atoms with van der Waals surface area (Å²) in [6.45, 7) is 3.79. The Kier molecular flexibility index (Phi) is 5.12. The Bertz CT molecular complexity index is 458. The smallest absolute Gasteiger partial charge is 0.237 e. The predicted molar refractivity (Wildman–Crippen MR) is 77.8 cm³/mol.